The van der Waals surface area contributed by atoms with Crippen LogP contribution in [0.3, 0.4) is 0 Å². The minimum Gasteiger partial charge on any atom is -0.508 e. The number of piperazine rings is 1. The van der Waals surface area contributed by atoms with Gasteiger partial charge in [0.2, 0.25) is 0 Å². The molecule has 2 N–H and O–H groups in total. The average Bonchev–Trinajstić information content (AvgIpc) is 3.71. The lowest BCUT2D eigenvalue weighted by Crippen LogP contribution is -2.52. The predicted molar refractivity (Wildman–Crippen MR) is 181 cm³/mol. The van der Waals surface area contributed by atoms with Crippen molar-refractivity contribution in [2.45, 2.75) is 86.1 Å². The van der Waals surface area contributed by atoms with Crippen LogP contribution in [0.5, 0.6) is 11.8 Å². The van der Waals surface area contributed by atoms with Crippen LogP contribution in [0.15, 0.2) is 29.2 Å². The number of rotatable bonds is 6. The van der Waals surface area contributed by atoms with Crippen LogP contribution in [0.1, 0.15) is 68.2 Å². The molecule has 262 valence electrons. The van der Waals surface area contributed by atoms with Gasteiger partial charge in [-0.1, -0.05) is 12.0 Å². The number of alkyl halides is 1. The van der Waals surface area contributed by atoms with Crippen LogP contribution < -0.4 is 15.0 Å². The van der Waals surface area contributed by atoms with Crippen molar-refractivity contribution in [2.75, 3.05) is 37.7 Å². The quantitative estimate of drug-likeness (QED) is 0.353. The summed E-state index contributed by atoms with van der Waals surface area (Å²) in [5.41, 5.74) is -1.61. The highest BCUT2D eigenvalue weighted by atomic mass is 32.2. The Morgan fingerprint density at radius 3 is 2.58 bits per heavy atom. The molecular formula is C36H37F3N6O4S. The van der Waals surface area contributed by atoms with Gasteiger partial charge in [0.05, 0.1) is 16.8 Å². The summed E-state index contributed by atoms with van der Waals surface area (Å²) in [5, 5.41) is 14.8. The van der Waals surface area contributed by atoms with Gasteiger partial charge in [-0.15, -0.1) is 6.42 Å². The van der Waals surface area contributed by atoms with Crippen LogP contribution in [0.25, 0.3) is 22.3 Å². The number of terminal acetylenes is 1. The van der Waals surface area contributed by atoms with Crippen molar-refractivity contribution >= 4 is 38.1 Å². The Bertz CT molecular complexity index is 2110. The van der Waals surface area contributed by atoms with Gasteiger partial charge in [-0.25, -0.2) is 21.6 Å². The Morgan fingerprint density at radius 2 is 1.86 bits per heavy atom. The molecule has 0 radical (unpaired) electrons. The second-order valence-corrected chi connectivity index (χ2v) is 16.4. The predicted octanol–water partition coefficient (Wildman–Crippen LogP) is 4.70. The van der Waals surface area contributed by atoms with Gasteiger partial charge < -0.3 is 20.1 Å². The highest BCUT2D eigenvalue weighted by Gasteiger charge is 2.51. The number of aromatic hydroxyl groups is 1. The summed E-state index contributed by atoms with van der Waals surface area (Å²) in [6.07, 6.45) is 10.2. The van der Waals surface area contributed by atoms with Gasteiger partial charge in [-0.05, 0) is 75.1 Å². The van der Waals surface area contributed by atoms with E-state index >= 15 is 17.2 Å². The SMILES string of the molecule is C#Cc1c(F)ccc2cc(O)cc(C3=C(F)c4nc(OC[C@@]56CCCN5C[C@H](F)C6)nc(N5CC6CCC(C5)N6)c4S(=O)(=O)N3C3CCC3)c12. The highest BCUT2D eigenvalue weighted by molar-refractivity contribution is 7.89. The number of phenols is 1. The molecule has 0 amide bonds. The smallest absolute Gasteiger partial charge is 0.319 e. The number of phenolic OH excluding ortho intramolecular Hbond substituents is 1. The number of hydrogen-bond donors (Lipinski definition) is 2. The van der Waals surface area contributed by atoms with Gasteiger partial charge in [0.1, 0.15) is 30.0 Å². The van der Waals surface area contributed by atoms with Gasteiger partial charge in [0.25, 0.3) is 10.0 Å². The van der Waals surface area contributed by atoms with Gasteiger partial charge >= 0.3 is 6.01 Å². The fourth-order valence-corrected chi connectivity index (χ4v) is 11.1. The number of nitrogens with one attached hydrogen (secondary N) is 1. The van der Waals surface area contributed by atoms with E-state index in [-0.39, 0.29) is 63.4 Å². The Kier molecular flexibility index (Phi) is 7.32. The number of hydrogen-bond acceptors (Lipinski definition) is 9. The normalized spacial score (nSPS) is 28.9. The van der Waals surface area contributed by atoms with E-state index in [1.54, 1.807) is 0 Å². The Labute approximate surface area is 288 Å². The van der Waals surface area contributed by atoms with Crippen molar-refractivity contribution in [3.8, 4) is 24.1 Å². The molecule has 14 heteroatoms. The Hall–Kier alpha value is -4.06. The summed E-state index contributed by atoms with van der Waals surface area (Å²) < 4.78 is 84.8. The first-order valence-electron chi connectivity index (χ1n) is 17.4. The number of fused-ring (bicyclic) bond motifs is 5. The minimum absolute atomic E-state index is 0.0608. The number of sulfonamides is 1. The number of anilines is 1. The second-order valence-electron chi connectivity index (χ2n) is 14.6. The van der Waals surface area contributed by atoms with Crippen LogP contribution in [-0.4, -0.2) is 95.3 Å². The molecule has 0 spiro atoms. The maximum Gasteiger partial charge on any atom is 0.319 e. The molecule has 3 aromatic rings. The van der Waals surface area contributed by atoms with Crippen molar-refractivity contribution in [3.63, 3.8) is 0 Å². The number of halogens is 3. The first kappa shape index (κ1) is 31.9. The van der Waals surface area contributed by atoms with E-state index in [9.17, 15) is 9.50 Å². The van der Waals surface area contributed by atoms with E-state index in [0.29, 0.717) is 44.3 Å². The standard InChI is InChI=1S/C36H37F3N6O4S/c1-2-26-28(38)10-7-20-13-25(46)14-27(29(20)26)32-30(39)31-33(50(47,48)45(32)24-5-3-6-24)34(43-17-22-8-9-23(18-43)40-22)42-35(41-31)49-19-36-11-4-12-44(36)16-21(37)15-36/h1,7,10,13-14,21-24,40,46H,3-6,8-9,11-12,15-19H2/t21-,22?,23?,36+/m1/s1. The molecule has 2 bridgehead atoms. The molecule has 4 atom stereocenters. The lowest BCUT2D eigenvalue weighted by Gasteiger charge is -2.43. The van der Waals surface area contributed by atoms with Crippen LogP contribution >= 0.6 is 0 Å². The van der Waals surface area contributed by atoms with E-state index in [1.807, 2.05) is 4.90 Å². The summed E-state index contributed by atoms with van der Waals surface area (Å²) in [6, 6.07) is 4.58. The number of ether oxygens (including phenoxy) is 1. The molecule has 6 heterocycles. The molecule has 9 rings (SSSR count). The molecule has 2 unspecified atom stereocenters. The van der Waals surface area contributed by atoms with E-state index in [1.165, 1.54) is 18.2 Å². The van der Waals surface area contributed by atoms with Crippen LogP contribution in [0.4, 0.5) is 19.0 Å². The fourth-order valence-electron chi connectivity index (χ4n) is 9.12. The van der Waals surface area contributed by atoms with Crippen molar-refractivity contribution in [2.24, 2.45) is 0 Å². The maximum atomic E-state index is 17.6. The van der Waals surface area contributed by atoms with Crippen LogP contribution in [-0.2, 0) is 10.0 Å². The molecule has 5 fully saturated rings. The van der Waals surface area contributed by atoms with Crippen LogP contribution in [0, 0.1) is 18.2 Å². The zero-order valence-corrected chi connectivity index (χ0v) is 28.2. The molecule has 2 aromatic carbocycles. The molecule has 1 aromatic heterocycles. The maximum absolute atomic E-state index is 17.6. The Morgan fingerprint density at radius 1 is 1.08 bits per heavy atom. The van der Waals surface area contributed by atoms with E-state index in [2.05, 4.69) is 21.1 Å². The molecule has 4 saturated heterocycles. The monoisotopic (exact) mass is 706 g/mol. The third-order valence-electron chi connectivity index (χ3n) is 11.6. The molecule has 6 aliphatic rings. The fraction of sp³-hybridized carbons (Fsp3) is 0.500. The van der Waals surface area contributed by atoms with E-state index in [0.717, 1.165) is 49.0 Å². The molecule has 1 aliphatic carbocycles. The van der Waals surface area contributed by atoms with Gasteiger partial charge in [0.15, 0.2) is 16.5 Å². The topological polar surface area (TPSA) is 111 Å². The third kappa shape index (κ3) is 4.80. The van der Waals surface area contributed by atoms with Crippen LogP contribution in [0.2, 0.25) is 0 Å². The van der Waals surface area contributed by atoms with Crippen molar-refractivity contribution in [1.29, 1.82) is 0 Å². The second kappa shape index (κ2) is 11.5. The zero-order chi connectivity index (χ0) is 34.5. The zero-order valence-electron chi connectivity index (χ0n) is 27.3. The lowest BCUT2D eigenvalue weighted by atomic mass is 9.90. The third-order valence-corrected chi connectivity index (χ3v) is 13.5. The summed E-state index contributed by atoms with van der Waals surface area (Å²) >= 11 is 0. The summed E-state index contributed by atoms with van der Waals surface area (Å²) in [7, 11) is -4.54. The van der Waals surface area contributed by atoms with E-state index < -0.39 is 45.1 Å². The number of aromatic nitrogens is 2. The number of nitrogens with zero attached hydrogens (tertiary/aromatic N) is 5. The van der Waals surface area contributed by atoms with Gasteiger partial charge in [-0.2, -0.15) is 9.97 Å². The summed E-state index contributed by atoms with van der Waals surface area (Å²) in [6.45, 7) is 2.05. The molecule has 5 aliphatic heterocycles. The van der Waals surface area contributed by atoms with E-state index in [4.69, 9.17) is 16.1 Å². The van der Waals surface area contributed by atoms with Crippen molar-refractivity contribution in [3.05, 3.63) is 46.9 Å². The van der Waals surface area contributed by atoms with Crippen molar-refractivity contribution < 1.29 is 31.4 Å². The first-order chi connectivity index (χ1) is 24.1. The van der Waals surface area contributed by atoms with Gasteiger partial charge in [-0.3, -0.25) is 9.21 Å². The lowest BCUT2D eigenvalue weighted by molar-refractivity contribution is 0.107. The molecule has 10 nitrogen and oxygen atoms in total. The van der Waals surface area contributed by atoms with Crippen molar-refractivity contribution in [1.82, 2.24) is 24.5 Å². The molecule has 50 heavy (non-hydrogen) atoms. The molecular weight excluding hydrogens is 669 g/mol. The minimum atomic E-state index is -4.54. The Balaban J connectivity index is 1.27. The highest BCUT2D eigenvalue weighted by Crippen LogP contribution is 2.51. The largest absolute Gasteiger partial charge is 0.508 e. The average molecular weight is 707 g/mol. The summed E-state index contributed by atoms with van der Waals surface area (Å²) in [4.78, 5) is 12.8. The first-order valence-corrected chi connectivity index (χ1v) is 18.8. The van der Waals surface area contributed by atoms with Gasteiger partial charge in [0, 0.05) is 55.1 Å². The molecule has 1 saturated carbocycles. The number of benzene rings is 2. The summed E-state index contributed by atoms with van der Waals surface area (Å²) in [5.74, 6) is 0.425.